The van der Waals surface area contributed by atoms with E-state index in [1.165, 1.54) is 24.1 Å². The van der Waals surface area contributed by atoms with E-state index in [4.69, 9.17) is 4.74 Å². The van der Waals surface area contributed by atoms with Crippen molar-refractivity contribution in [2.75, 3.05) is 46.4 Å². The quantitative estimate of drug-likeness (QED) is 0.420. The van der Waals surface area contributed by atoms with Gasteiger partial charge in [0.25, 0.3) is 11.8 Å². The molecule has 0 saturated carbocycles. The molecule has 3 heterocycles. The minimum Gasteiger partial charge on any atom is -0.383 e. The highest BCUT2D eigenvalue weighted by atomic mass is 32.1. The zero-order valence-corrected chi connectivity index (χ0v) is 27.6. The number of halogens is 3. The lowest BCUT2D eigenvalue weighted by Crippen LogP contribution is -2.47. The van der Waals surface area contributed by atoms with Crippen LogP contribution in [0.1, 0.15) is 63.5 Å². The van der Waals surface area contributed by atoms with E-state index in [1.54, 1.807) is 22.0 Å². The molecule has 0 fully saturated rings. The van der Waals surface area contributed by atoms with Gasteiger partial charge in [-0.3, -0.25) is 23.9 Å². The Labute approximate surface area is 279 Å². The maximum absolute atomic E-state index is 13.6. The number of carbonyl (C=O) groups is 4. The Balaban J connectivity index is 1.34. The van der Waals surface area contributed by atoms with Gasteiger partial charge in [-0.25, -0.2) is 4.98 Å². The van der Waals surface area contributed by atoms with Gasteiger partial charge in [0.1, 0.15) is 10.7 Å². The molecule has 16 heteroatoms. The number of ether oxygens (including phenoxy) is 1. The van der Waals surface area contributed by atoms with Gasteiger partial charge in [-0.15, -0.1) is 11.3 Å². The Morgan fingerprint density at radius 3 is 2.58 bits per heavy atom. The molecule has 1 aliphatic carbocycles. The highest BCUT2D eigenvalue weighted by Crippen LogP contribution is 2.32. The topological polar surface area (TPSA) is 139 Å². The predicted octanol–water partition coefficient (Wildman–Crippen LogP) is 3.07. The van der Waals surface area contributed by atoms with E-state index in [2.05, 4.69) is 20.7 Å². The molecular weight excluding hydrogens is 651 g/mol. The summed E-state index contributed by atoms with van der Waals surface area (Å²) in [6, 6.07) is 4.36. The summed E-state index contributed by atoms with van der Waals surface area (Å²) in [5, 5.41) is 12.3. The number of aromatic nitrogens is 3. The lowest BCUT2D eigenvalue weighted by atomic mass is 9.91. The van der Waals surface area contributed by atoms with E-state index >= 15 is 0 Å². The SMILES string of the molecule is COCCN1CC(=O)NC2CCc3c(c(nn3C)C(=O)NCCCN(C(=O)c3csc(-c4ccc(C(F)(F)F)cc4)n3)CCCC1=O)C2. The summed E-state index contributed by atoms with van der Waals surface area (Å²) in [6.07, 6.45) is -1.91. The molecule has 48 heavy (non-hydrogen) atoms. The van der Waals surface area contributed by atoms with Crippen LogP contribution in [0, 0.1) is 0 Å². The standard InChI is InChI=1S/C32H38F3N7O5S/c1-40-25-11-10-22-17-23(25)28(39-40)29(45)36-12-4-14-41(13-3-5-27(44)42(15-16-47-2)18-26(43)37-22)31(46)24-19-48-30(38-24)20-6-8-21(9-7-20)32(33,34)35/h6-9,19,22H,3-5,10-18H2,1-2H3,(H,36,45)(H,37,43). The summed E-state index contributed by atoms with van der Waals surface area (Å²) >= 11 is 1.14. The van der Waals surface area contributed by atoms with Crippen LogP contribution in [0.5, 0.6) is 0 Å². The molecule has 5 rings (SSSR count). The van der Waals surface area contributed by atoms with Gasteiger partial charge in [-0.1, -0.05) is 12.1 Å². The summed E-state index contributed by atoms with van der Waals surface area (Å²) in [4.78, 5) is 60.6. The van der Waals surface area contributed by atoms with E-state index in [0.29, 0.717) is 48.4 Å². The second-order valence-corrected chi connectivity index (χ2v) is 12.7. The van der Waals surface area contributed by atoms with Crippen molar-refractivity contribution in [1.29, 1.82) is 0 Å². The van der Waals surface area contributed by atoms with Gasteiger partial charge in [0.15, 0.2) is 5.69 Å². The molecule has 258 valence electrons. The number of aryl methyl sites for hydroxylation is 1. The second-order valence-electron chi connectivity index (χ2n) is 11.8. The number of nitrogens with one attached hydrogen (secondary N) is 2. The summed E-state index contributed by atoms with van der Waals surface area (Å²) in [5.41, 5.74) is 1.81. The normalized spacial score (nSPS) is 18.6. The van der Waals surface area contributed by atoms with Crippen LogP contribution >= 0.6 is 11.3 Å². The summed E-state index contributed by atoms with van der Waals surface area (Å²) in [5.74, 6) is -1.30. The largest absolute Gasteiger partial charge is 0.416 e. The Morgan fingerprint density at radius 2 is 1.85 bits per heavy atom. The number of nitrogens with zero attached hydrogens (tertiary/aromatic N) is 5. The number of thiazole rings is 1. The molecule has 1 aliphatic heterocycles. The third-order valence-electron chi connectivity index (χ3n) is 8.47. The lowest BCUT2D eigenvalue weighted by molar-refractivity contribution is -0.137. The first-order valence-corrected chi connectivity index (χ1v) is 16.6. The second kappa shape index (κ2) is 15.3. The molecule has 2 aliphatic rings. The van der Waals surface area contributed by atoms with E-state index in [-0.39, 0.29) is 75.2 Å². The van der Waals surface area contributed by atoms with Crippen molar-refractivity contribution in [3.05, 3.63) is 57.9 Å². The zero-order valence-electron chi connectivity index (χ0n) is 26.8. The van der Waals surface area contributed by atoms with Crippen LogP contribution in [0.25, 0.3) is 10.6 Å². The number of methoxy groups -OCH3 is 1. The summed E-state index contributed by atoms with van der Waals surface area (Å²) in [6.45, 7) is 1.02. The number of rotatable bonds is 5. The van der Waals surface area contributed by atoms with E-state index in [0.717, 1.165) is 34.7 Å². The zero-order chi connectivity index (χ0) is 34.4. The Morgan fingerprint density at radius 1 is 1.10 bits per heavy atom. The first-order chi connectivity index (χ1) is 22.9. The lowest BCUT2D eigenvalue weighted by Gasteiger charge is -2.27. The fourth-order valence-electron chi connectivity index (χ4n) is 5.95. The third kappa shape index (κ3) is 8.39. The van der Waals surface area contributed by atoms with Crippen LogP contribution in [-0.2, 0) is 40.4 Å². The molecule has 1 atom stereocenters. The molecule has 3 aromatic rings. The van der Waals surface area contributed by atoms with E-state index < -0.39 is 17.6 Å². The van der Waals surface area contributed by atoms with Crippen LogP contribution in [0.2, 0.25) is 0 Å². The Kier molecular flexibility index (Phi) is 11.1. The molecule has 12 nitrogen and oxygen atoms in total. The average molecular weight is 690 g/mol. The van der Waals surface area contributed by atoms with Crippen molar-refractivity contribution in [3.8, 4) is 10.6 Å². The van der Waals surface area contributed by atoms with Gasteiger partial charge in [0, 0.05) is 75.0 Å². The van der Waals surface area contributed by atoms with Crippen LogP contribution in [0.3, 0.4) is 0 Å². The van der Waals surface area contributed by atoms with Crippen LogP contribution < -0.4 is 10.6 Å². The molecule has 2 N–H and O–H groups in total. The number of benzene rings is 1. The molecule has 1 aromatic carbocycles. The summed E-state index contributed by atoms with van der Waals surface area (Å²) in [7, 11) is 3.30. The fraction of sp³-hybridized carbons (Fsp3) is 0.500. The summed E-state index contributed by atoms with van der Waals surface area (Å²) < 4.78 is 45.9. The monoisotopic (exact) mass is 689 g/mol. The van der Waals surface area contributed by atoms with Crippen LogP contribution in [0.4, 0.5) is 13.2 Å². The van der Waals surface area contributed by atoms with Gasteiger partial charge in [-0.2, -0.15) is 18.3 Å². The number of carbonyl (C=O) groups excluding carboxylic acids is 4. The molecule has 0 radical (unpaired) electrons. The van der Waals surface area contributed by atoms with Crippen molar-refractivity contribution in [1.82, 2.24) is 35.2 Å². The first kappa shape index (κ1) is 35.0. The molecule has 2 aromatic heterocycles. The van der Waals surface area contributed by atoms with Crippen molar-refractivity contribution in [2.24, 2.45) is 7.05 Å². The van der Waals surface area contributed by atoms with Crippen molar-refractivity contribution in [3.63, 3.8) is 0 Å². The minimum absolute atomic E-state index is 0.0806. The van der Waals surface area contributed by atoms with Crippen LogP contribution in [-0.4, -0.2) is 101 Å². The molecule has 2 bridgehead atoms. The van der Waals surface area contributed by atoms with Crippen molar-refractivity contribution in [2.45, 2.75) is 50.7 Å². The number of fused-ring (bicyclic) bond motifs is 1. The minimum atomic E-state index is -4.47. The third-order valence-corrected chi connectivity index (χ3v) is 9.36. The Hall–Kier alpha value is -4.31. The number of alkyl halides is 3. The maximum Gasteiger partial charge on any atom is 0.416 e. The molecule has 1 unspecified atom stereocenters. The number of hydrogen-bond acceptors (Lipinski definition) is 8. The van der Waals surface area contributed by atoms with Crippen molar-refractivity contribution < 1.29 is 37.1 Å². The first-order valence-electron chi connectivity index (χ1n) is 15.8. The molecule has 0 spiro atoms. The van der Waals surface area contributed by atoms with Gasteiger partial charge in [0.2, 0.25) is 11.8 Å². The predicted molar refractivity (Wildman–Crippen MR) is 170 cm³/mol. The number of amides is 4. The number of hydrogen-bond donors (Lipinski definition) is 2. The van der Waals surface area contributed by atoms with Crippen LogP contribution in [0.15, 0.2) is 29.6 Å². The van der Waals surface area contributed by atoms with Gasteiger partial charge in [0.05, 0.1) is 18.7 Å². The van der Waals surface area contributed by atoms with E-state index in [9.17, 15) is 32.3 Å². The van der Waals surface area contributed by atoms with Gasteiger partial charge >= 0.3 is 6.18 Å². The average Bonchev–Trinajstić information content (AvgIpc) is 3.68. The molecule has 4 amide bonds. The van der Waals surface area contributed by atoms with Gasteiger partial charge < -0.3 is 25.2 Å². The van der Waals surface area contributed by atoms with E-state index in [1.807, 2.05) is 0 Å². The maximum atomic E-state index is 13.6. The smallest absolute Gasteiger partial charge is 0.383 e. The highest BCUT2D eigenvalue weighted by Gasteiger charge is 2.31. The fourth-order valence-corrected chi connectivity index (χ4v) is 6.75. The molecular formula is C32H38F3N7O5S. The van der Waals surface area contributed by atoms with Crippen molar-refractivity contribution >= 4 is 35.0 Å². The molecule has 0 saturated heterocycles. The highest BCUT2D eigenvalue weighted by molar-refractivity contribution is 7.13. The van der Waals surface area contributed by atoms with Gasteiger partial charge in [-0.05, 0) is 44.2 Å². The Bertz CT molecular complexity index is 1640.